The van der Waals surface area contributed by atoms with Crippen LogP contribution in [-0.4, -0.2) is 10.1 Å². The molecular weight excluding hydrogens is 286 g/mol. The van der Waals surface area contributed by atoms with Gasteiger partial charge >= 0.3 is 0 Å². The van der Waals surface area contributed by atoms with Crippen LogP contribution >= 0.6 is 31.9 Å². The monoisotopic (exact) mass is 289 g/mol. The summed E-state index contributed by atoms with van der Waals surface area (Å²) in [6.07, 6.45) is 0. The number of benzene rings is 1. The number of phenols is 1. The zero-order valence-electron chi connectivity index (χ0n) is 5.94. The molecule has 0 fully saturated rings. The highest BCUT2D eigenvalue weighted by molar-refractivity contribution is 9.13. The summed E-state index contributed by atoms with van der Waals surface area (Å²) in [4.78, 5) is 3.11. The van der Waals surface area contributed by atoms with Gasteiger partial charge in [0.15, 0.2) is 0 Å². The van der Waals surface area contributed by atoms with Crippen LogP contribution in [0.1, 0.15) is 0 Å². The number of fused-ring (bicyclic) bond motifs is 1. The summed E-state index contributed by atoms with van der Waals surface area (Å²) >= 11 is 6.74. The molecule has 2 rings (SSSR count). The van der Waals surface area contributed by atoms with Gasteiger partial charge in [-0.15, -0.1) is 0 Å². The molecule has 12 heavy (non-hydrogen) atoms. The third-order valence-corrected chi connectivity index (χ3v) is 3.63. The second-order valence-electron chi connectivity index (χ2n) is 2.48. The van der Waals surface area contributed by atoms with Gasteiger partial charge in [0, 0.05) is 10.9 Å². The normalized spacial score (nSPS) is 10.8. The summed E-state index contributed by atoms with van der Waals surface area (Å²) in [5.41, 5.74) is 0.992. The van der Waals surface area contributed by atoms with Gasteiger partial charge < -0.3 is 10.1 Å². The Hall–Kier alpha value is -0.480. The van der Waals surface area contributed by atoms with E-state index in [1.165, 1.54) is 0 Å². The van der Waals surface area contributed by atoms with Crippen molar-refractivity contribution in [1.82, 2.24) is 4.98 Å². The zero-order valence-corrected chi connectivity index (χ0v) is 9.11. The lowest BCUT2D eigenvalue weighted by molar-refractivity contribution is 0.476. The summed E-state index contributed by atoms with van der Waals surface area (Å²) < 4.78 is 1.83. The summed E-state index contributed by atoms with van der Waals surface area (Å²) in [5, 5.41) is 10.2. The van der Waals surface area contributed by atoms with E-state index in [9.17, 15) is 5.11 Å². The third kappa shape index (κ3) is 1.15. The maximum absolute atomic E-state index is 9.21. The van der Waals surface area contributed by atoms with Crippen LogP contribution in [0.3, 0.4) is 0 Å². The molecule has 2 N–H and O–H groups in total. The first kappa shape index (κ1) is 8.13. The molecule has 0 unspecified atom stereocenters. The van der Waals surface area contributed by atoms with Crippen LogP contribution in [0.15, 0.2) is 27.3 Å². The van der Waals surface area contributed by atoms with Crippen LogP contribution in [0.2, 0.25) is 0 Å². The van der Waals surface area contributed by atoms with Crippen molar-refractivity contribution >= 4 is 42.8 Å². The van der Waals surface area contributed by atoms with E-state index in [0.29, 0.717) is 0 Å². The highest BCUT2D eigenvalue weighted by Crippen LogP contribution is 2.33. The molecule has 1 heterocycles. The fourth-order valence-electron chi connectivity index (χ4n) is 1.11. The van der Waals surface area contributed by atoms with Crippen LogP contribution in [0.25, 0.3) is 10.9 Å². The van der Waals surface area contributed by atoms with E-state index in [4.69, 9.17) is 0 Å². The van der Waals surface area contributed by atoms with Gasteiger partial charge in [0.2, 0.25) is 0 Å². The quantitative estimate of drug-likeness (QED) is 0.766. The fourth-order valence-corrected chi connectivity index (χ4v) is 1.97. The minimum absolute atomic E-state index is 0.273. The molecule has 0 aliphatic heterocycles. The molecule has 1 aromatic carbocycles. The number of aromatic amines is 1. The molecule has 62 valence electrons. The van der Waals surface area contributed by atoms with Gasteiger partial charge in [-0.05, 0) is 50.1 Å². The van der Waals surface area contributed by atoms with Crippen molar-refractivity contribution in [3.8, 4) is 5.75 Å². The lowest BCUT2D eigenvalue weighted by atomic mass is 10.2. The standard InChI is InChI=1S/C8H5Br2NO/c9-7-5-3-4(12)1-2-6(5)11-8(7)10/h1-3,11-12H. The van der Waals surface area contributed by atoms with Crippen LogP contribution in [-0.2, 0) is 0 Å². The molecule has 0 radical (unpaired) electrons. The van der Waals surface area contributed by atoms with Gasteiger partial charge in [-0.25, -0.2) is 0 Å². The van der Waals surface area contributed by atoms with E-state index in [0.717, 1.165) is 20.0 Å². The number of aromatic hydroxyl groups is 1. The molecule has 0 aliphatic rings. The molecule has 0 spiro atoms. The molecule has 4 heteroatoms. The van der Waals surface area contributed by atoms with Crippen molar-refractivity contribution in [1.29, 1.82) is 0 Å². The first-order valence-electron chi connectivity index (χ1n) is 3.34. The summed E-state index contributed by atoms with van der Waals surface area (Å²) in [6.45, 7) is 0. The molecule has 0 saturated heterocycles. The van der Waals surface area contributed by atoms with E-state index in [2.05, 4.69) is 36.8 Å². The van der Waals surface area contributed by atoms with Crippen molar-refractivity contribution in [2.75, 3.05) is 0 Å². The first-order valence-corrected chi connectivity index (χ1v) is 4.93. The van der Waals surface area contributed by atoms with Crippen LogP contribution in [0, 0.1) is 0 Å². The first-order chi connectivity index (χ1) is 5.68. The predicted molar refractivity (Wildman–Crippen MR) is 55.4 cm³/mol. The highest BCUT2D eigenvalue weighted by Gasteiger charge is 2.06. The Kier molecular flexibility index (Phi) is 1.88. The second kappa shape index (κ2) is 2.78. The van der Waals surface area contributed by atoms with Gasteiger partial charge in [0.1, 0.15) is 5.75 Å². The molecule has 0 aliphatic carbocycles. The van der Waals surface area contributed by atoms with Crippen LogP contribution in [0.4, 0.5) is 0 Å². The van der Waals surface area contributed by atoms with Gasteiger partial charge in [-0.1, -0.05) is 0 Å². The maximum atomic E-state index is 9.21. The molecule has 0 amide bonds. The van der Waals surface area contributed by atoms with Crippen molar-refractivity contribution in [2.24, 2.45) is 0 Å². The molecule has 2 aromatic rings. The number of nitrogens with one attached hydrogen (secondary N) is 1. The molecule has 2 nitrogen and oxygen atoms in total. The Morgan fingerprint density at radius 2 is 2.00 bits per heavy atom. The summed E-state index contributed by atoms with van der Waals surface area (Å²) in [6, 6.07) is 5.19. The smallest absolute Gasteiger partial charge is 0.116 e. The molecule has 0 bridgehead atoms. The van der Waals surface area contributed by atoms with Crippen LogP contribution < -0.4 is 0 Å². The number of hydrogen-bond acceptors (Lipinski definition) is 1. The number of hydrogen-bond donors (Lipinski definition) is 2. The van der Waals surface area contributed by atoms with Gasteiger partial charge in [-0.3, -0.25) is 0 Å². The van der Waals surface area contributed by atoms with Gasteiger partial charge in [0.25, 0.3) is 0 Å². The minimum Gasteiger partial charge on any atom is -0.508 e. The number of rotatable bonds is 0. The highest BCUT2D eigenvalue weighted by atomic mass is 79.9. The average molecular weight is 291 g/mol. The number of aromatic nitrogens is 1. The molecule has 1 aromatic heterocycles. The number of phenolic OH excluding ortho intramolecular Hbond substituents is 1. The molecular formula is C8H5Br2NO. The van der Waals surface area contributed by atoms with E-state index in [1.807, 2.05) is 6.07 Å². The van der Waals surface area contributed by atoms with Crippen molar-refractivity contribution in [3.05, 3.63) is 27.3 Å². The van der Waals surface area contributed by atoms with Gasteiger partial charge in [0.05, 0.1) is 9.08 Å². The lowest BCUT2D eigenvalue weighted by Gasteiger charge is -1.91. The second-order valence-corrected chi connectivity index (χ2v) is 4.07. The van der Waals surface area contributed by atoms with E-state index in [1.54, 1.807) is 12.1 Å². The fraction of sp³-hybridized carbons (Fsp3) is 0. The Bertz CT molecular complexity index is 436. The Morgan fingerprint density at radius 1 is 1.25 bits per heavy atom. The van der Waals surface area contributed by atoms with Gasteiger partial charge in [-0.2, -0.15) is 0 Å². The Balaban J connectivity index is 2.88. The molecule has 0 atom stereocenters. The largest absolute Gasteiger partial charge is 0.508 e. The van der Waals surface area contributed by atoms with Crippen molar-refractivity contribution in [3.63, 3.8) is 0 Å². The average Bonchev–Trinajstić information content (AvgIpc) is 2.31. The van der Waals surface area contributed by atoms with E-state index < -0.39 is 0 Å². The third-order valence-electron chi connectivity index (χ3n) is 1.68. The van der Waals surface area contributed by atoms with E-state index in [-0.39, 0.29) is 5.75 Å². The predicted octanol–water partition coefficient (Wildman–Crippen LogP) is 3.40. The topological polar surface area (TPSA) is 36.0 Å². The zero-order chi connectivity index (χ0) is 8.72. The Morgan fingerprint density at radius 3 is 2.75 bits per heavy atom. The summed E-state index contributed by atoms with van der Waals surface area (Å²) in [5.74, 6) is 0.273. The van der Waals surface area contributed by atoms with E-state index >= 15 is 0 Å². The summed E-state index contributed by atoms with van der Waals surface area (Å²) in [7, 11) is 0. The SMILES string of the molecule is Oc1ccc2[nH]c(Br)c(Br)c2c1. The maximum Gasteiger partial charge on any atom is 0.116 e. The van der Waals surface area contributed by atoms with Crippen molar-refractivity contribution < 1.29 is 5.11 Å². The number of H-pyrrole nitrogens is 1. The molecule has 0 saturated carbocycles. The lowest BCUT2D eigenvalue weighted by Crippen LogP contribution is -1.66. The minimum atomic E-state index is 0.273. The van der Waals surface area contributed by atoms with Crippen molar-refractivity contribution in [2.45, 2.75) is 0 Å². The van der Waals surface area contributed by atoms with Crippen LogP contribution in [0.5, 0.6) is 5.75 Å². The number of halogens is 2. The Labute approximate surface area is 85.9 Å².